The quantitative estimate of drug-likeness (QED) is 0.520. The normalized spacial score (nSPS) is 18.5. The van der Waals surface area contributed by atoms with Crippen molar-refractivity contribution in [3.8, 4) is 5.75 Å². The lowest BCUT2D eigenvalue weighted by molar-refractivity contribution is 0.0257. The number of anilines is 1. The van der Waals surface area contributed by atoms with Crippen LogP contribution in [0.25, 0.3) is 10.9 Å². The van der Waals surface area contributed by atoms with E-state index in [4.69, 9.17) is 10.5 Å². The van der Waals surface area contributed by atoms with Crippen LogP contribution in [0, 0.1) is 6.92 Å². The number of β-amino-alcohol motifs (C(OH)–C–C–N with tert-alkyl or cyclic N) is 1. The second-order valence-electron chi connectivity index (χ2n) is 8.27. The molecule has 1 atom stereocenters. The zero-order valence-corrected chi connectivity index (χ0v) is 18.3. The first kappa shape index (κ1) is 22.0. The van der Waals surface area contributed by atoms with Gasteiger partial charge in [-0.25, -0.2) is 0 Å². The smallest absolute Gasteiger partial charge is 0.251 e. The molecule has 1 saturated heterocycles. The minimum atomic E-state index is -1.02. The molecule has 0 unspecified atom stereocenters. The van der Waals surface area contributed by atoms with Crippen LogP contribution in [0.1, 0.15) is 28.9 Å². The van der Waals surface area contributed by atoms with E-state index in [2.05, 4.69) is 20.2 Å². The molecular weight excluding hydrogens is 406 g/mol. The first-order chi connectivity index (χ1) is 15.5. The standard InChI is InChI=1S/C24H29N5O3/c1-17-13-22(20-14-26-10-7-21(20)28-17)29-11-2-8-24(31,16-29)15-27-23(30)18-3-5-19(6-4-18)32-12-9-25/h3-7,10,13-14,31H,2,8-9,11-12,15-16,25H2,1H3,(H,27,30)/t24-/m1/s1. The number of amides is 1. The van der Waals surface area contributed by atoms with Crippen LogP contribution in [0.15, 0.2) is 48.8 Å². The summed E-state index contributed by atoms with van der Waals surface area (Å²) in [7, 11) is 0. The molecule has 3 heterocycles. The van der Waals surface area contributed by atoms with E-state index in [1.807, 2.05) is 25.3 Å². The molecule has 8 nitrogen and oxygen atoms in total. The number of carbonyl (C=O) groups excluding carboxylic acids is 1. The molecule has 3 aromatic rings. The number of piperidine rings is 1. The maximum atomic E-state index is 12.6. The molecule has 2 aromatic heterocycles. The Hall–Kier alpha value is -3.23. The molecule has 8 heteroatoms. The van der Waals surface area contributed by atoms with Crippen LogP contribution >= 0.6 is 0 Å². The lowest BCUT2D eigenvalue weighted by atomic mass is 9.92. The Balaban J connectivity index is 1.43. The van der Waals surface area contributed by atoms with Crippen molar-refractivity contribution in [2.24, 2.45) is 5.73 Å². The molecule has 168 valence electrons. The Morgan fingerprint density at radius 2 is 2.12 bits per heavy atom. The molecule has 0 radical (unpaired) electrons. The monoisotopic (exact) mass is 435 g/mol. The van der Waals surface area contributed by atoms with Crippen molar-refractivity contribution in [3.05, 3.63) is 60.0 Å². The summed E-state index contributed by atoms with van der Waals surface area (Å²) in [6.07, 6.45) is 4.99. The molecule has 4 rings (SSSR count). The summed E-state index contributed by atoms with van der Waals surface area (Å²) in [5, 5.41) is 15.1. The third-order valence-electron chi connectivity index (χ3n) is 5.69. The van der Waals surface area contributed by atoms with Crippen molar-refractivity contribution < 1.29 is 14.6 Å². The highest BCUT2D eigenvalue weighted by molar-refractivity contribution is 5.94. The number of benzene rings is 1. The summed E-state index contributed by atoms with van der Waals surface area (Å²) in [5.41, 5.74) is 7.74. The molecule has 0 bridgehead atoms. The Labute approximate surface area is 187 Å². The largest absolute Gasteiger partial charge is 0.492 e. The fourth-order valence-corrected chi connectivity index (χ4v) is 4.13. The van der Waals surface area contributed by atoms with Crippen LogP contribution in [0.5, 0.6) is 5.75 Å². The van der Waals surface area contributed by atoms with E-state index in [1.165, 1.54) is 0 Å². The van der Waals surface area contributed by atoms with E-state index in [0.717, 1.165) is 35.2 Å². The number of aromatic nitrogens is 2. The molecule has 1 aliphatic rings. The van der Waals surface area contributed by atoms with Gasteiger partial charge in [0, 0.05) is 60.9 Å². The molecule has 0 spiro atoms. The lowest BCUT2D eigenvalue weighted by Gasteiger charge is -2.41. The molecule has 1 aliphatic heterocycles. The van der Waals surface area contributed by atoms with Crippen molar-refractivity contribution in [2.75, 3.05) is 37.7 Å². The Kier molecular flexibility index (Phi) is 6.53. The van der Waals surface area contributed by atoms with Crippen LogP contribution in [0.3, 0.4) is 0 Å². The van der Waals surface area contributed by atoms with Gasteiger partial charge in [-0.15, -0.1) is 0 Å². The van der Waals surface area contributed by atoms with Crippen molar-refractivity contribution in [3.63, 3.8) is 0 Å². The molecule has 1 amide bonds. The number of rotatable bonds is 7. The van der Waals surface area contributed by atoms with Gasteiger partial charge in [0.1, 0.15) is 12.4 Å². The number of carbonyl (C=O) groups is 1. The van der Waals surface area contributed by atoms with Gasteiger partial charge in [-0.05, 0) is 56.2 Å². The van der Waals surface area contributed by atoms with E-state index >= 15 is 0 Å². The molecule has 4 N–H and O–H groups in total. The molecule has 0 saturated carbocycles. The van der Waals surface area contributed by atoms with Crippen LogP contribution in [0.2, 0.25) is 0 Å². The summed E-state index contributed by atoms with van der Waals surface area (Å²) in [6, 6.07) is 10.8. The molecule has 0 aliphatic carbocycles. The fraction of sp³-hybridized carbons (Fsp3) is 0.375. The van der Waals surface area contributed by atoms with Crippen LogP contribution in [-0.2, 0) is 0 Å². The van der Waals surface area contributed by atoms with Crippen molar-refractivity contribution in [1.82, 2.24) is 15.3 Å². The van der Waals surface area contributed by atoms with Gasteiger partial charge in [-0.2, -0.15) is 0 Å². The molecule has 1 fully saturated rings. The Bertz CT molecular complexity index is 1090. The summed E-state index contributed by atoms with van der Waals surface area (Å²) in [4.78, 5) is 23.6. The summed E-state index contributed by atoms with van der Waals surface area (Å²) >= 11 is 0. The highest BCUT2D eigenvalue weighted by atomic mass is 16.5. The minimum absolute atomic E-state index is 0.175. The number of aliphatic hydroxyl groups is 1. The topological polar surface area (TPSA) is 114 Å². The third kappa shape index (κ3) is 4.98. The Morgan fingerprint density at radius 1 is 1.31 bits per heavy atom. The van der Waals surface area contributed by atoms with Crippen LogP contribution in [-0.4, -0.2) is 59.4 Å². The van der Waals surface area contributed by atoms with Gasteiger partial charge in [-0.1, -0.05) is 0 Å². The predicted octanol–water partition coefficient (Wildman–Crippen LogP) is 2.04. The van der Waals surface area contributed by atoms with E-state index < -0.39 is 5.60 Å². The lowest BCUT2D eigenvalue weighted by Crippen LogP contribution is -2.54. The molecule has 32 heavy (non-hydrogen) atoms. The van der Waals surface area contributed by atoms with Crippen LogP contribution in [0.4, 0.5) is 5.69 Å². The number of pyridine rings is 2. The third-order valence-corrected chi connectivity index (χ3v) is 5.69. The van der Waals surface area contributed by atoms with Crippen LogP contribution < -0.4 is 20.7 Å². The predicted molar refractivity (Wildman–Crippen MR) is 124 cm³/mol. The van der Waals surface area contributed by atoms with Gasteiger partial charge >= 0.3 is 0 Å². The number of aryl methyl sites for hydroxylation is 1. The fourth-order valence-electron chi connectivity index (χ4n) is 4.13. The van der Waals surface area contributed by atoms with Gasteiger partial charge < -0.3 is 25.8 Å². The first-order valence-electron chi connectivity index (χ1n) is 10.9. The van der Waals surface area contributed by atoms with Crippen molar-refractivity contribution in [2.45, 2.75) is 25.4 Å². The summed E-state index contributed by atoms with van der Waals surface area (Å²) in [6.45, 7) is 4.25. The number of nitrogens with one attached hydrogen (secondary N) is 1. The zero-order valence-electron chi connectivity index (χ0n) is 18.3. The average Bonchev–Trinajstić information content (AvgIpc) is 2.81. The van der Waals surface area contributed by atoms with E-state index in [1.54, 1.807) is 30.5 Å². The Morgan fingerprint density at radius 3 is 2.91 bits per heavy atom. The highest BCUT2D eigenvalue weighted by Gasteiger charge is 2.34. The van der Waals surface area contributed by atoms with E-state index in [0.29, 0.717) is 37.4 Å². The maximum Gasteiger partial charge on any atom is 0.251 e. The molecular formula is C24H29N5O3. The number of hydrogen-bond acceptors (Lipinski definition) is 7. The number of nitrogens with two attached hydrogens (primary N) is 1. The summed E-state index contributed by atoms with van der Waals surface area (Å²) in [5.74, 6) is 0.443. The maximum absolute atomic E-state index is 12.6. The highest BCUT2D eigenvalue weighted by Crippen LogP contribution is 2.31. The number of hydrogen-bond donors (Lipinski definition) is 3. The van der Waals surface area contributed by atoms with Gasteiger partial charge in [0.2, 0.25) is 0 Å². The number of fused-ring (bicyclic) bond motifs is 1. The SMILES string of the molecule is Cc1cc(N2CCC[C@@](O)(CNC(=O)c3ccc(OCCN)cc3)C2)c2cnccc2n1. The van der Waals surface area contributed by atoms with Crippen molar-refractivity contribution >= 4 is 22.5 Å². The van der Waals surface area contributed by atoms with E-state index in [-0.39, 0.29) is 12.5 Å². The van der Waals surface area contributed by atoms with Gasteiger partial charge in [0.15, 0.2) is 0 Å². The average molecular weight is 436 g/mol. The van der Waals surface area contributed by atoms with Gasteiger partial charge in [-0.3, -0.25) is 14.8 Å². The number of ether oxygens (including phenoxy) is 1. The van der Waals surface area contributed by atoms with Gasteiger partial charge in [0.25, 0.3) is 5.91 Å². The minimum Gasteiger partial charge on any atom is -0.492 e. The van der Waals surface area contributed by atoms with Crippen molar-refractivity contribution in [1.29, 1.82) is 0 Å². The first-order valence-corrected chi connectivity index (χ1v) is 10.9. The van der Waals surface area contributed by atoms with Gasteiger partial charge in [0.05, 0.1) is 11.1 Å². The second-order valence-corrected chi connectivity index (χ2v) is 8.27. The second kappa shape index (κ2) is 9.50. The zero-order chi connectivity index (χ0) is 22.6. The molecule has 1 aromatic carbocycles. The van der Waals surface area contributed by atoms with E-state index in [9.17, 15) is 9.90 Å². The number of nitrogens with zero attached hydrogens (tertiary/aromatic N) is 3. The summed E-state index contributed by atoms with van der Waals surface area (Å²) < 4.78 is 5.44.